The van der Waals surface area contributed by atoms with Gasteiger partial charge in [-0.1, -0.05) is 35.0 Å². The third-order valence-electron chi connectivity index (χ3n) is 4.60. The third kappa shape index (κ3) is 3.80. The molecule has 1 unspecified atom stereocenters. The van der Waals surface area contributed by atoms with E-state index in [9.17, 15) is 4.79 Å². The van der Waals surface area contributed by atoms with Crippen LogP contribution in [0.4, 0.5) is 0 Å². The lowest BCUT2D eigenvalue weighted by atomic mass is 10.1. The van der Waals surface area contributed by atoms with Crippen molar-refractivity contribution >= 4 is 17.5 Å². The number of likely N-dealkylation sites (tertiary alicyclic amines) is 1. The van der Waals surface area contributed by atoms with E-state index < -0.39 is 0 Å². The van der Waals surface area contributed by atoms with Crippen molar-refractivity contribution in [1.29, 1.82) is 0 Å². The van der Waals surface area contributed by atoms with Gasteiger partial charge in [0.2, 0.25) is 5.91 Å². The fraction of sp³-hybridized carbons (Fsp3) is 0.250. The van der Waals surface area contributed by atoms with Gasteiger partial charge in [-0.25, -0.2) is 0 Å². The lowest BCUT2D eigenvalue weighted by Crippen LogP contribution is -2.24. The van der Waals surface area contributed by atoms with E-state index >= 15 is 0 Å². The quantitative estimate of drug-likeness (QED) is 0.668. The number of methoxy groups -OCH3 is 1. The Hall–Kier alpha value is -2.86. The van der Waals surface area contributed by atoms with Crippen LogP contribution in [0.1, 0.15) is 23.7 Å². The van der Waals surface area contributed by atoms with Crippen LogP contribution in [0.25, 0.3) is 11.5 Å². The molecule has 0 bridgehead atoms. The summed E-state index contributed by atoms with van der Waals surface area (Å²) in [5.41, 5.74) is 1.79. The van der Waals surface area contributed by atoms with Gasteiger partial charge >= 0.3 is 0 Å². The molecular weight excluding hydrogens is 366 g/mol. The van der Waals surface area contributed by atoms with Gasteiger partial charge in [0.05, 0.1) is 7.11 Å². The number of hydrogen-bond acceptors (Lipinski definition) is 5. The molecule has 0 spiro atoms. The van der Waals surface area contributed by atoms with E-state index in [1.54, 1.807) is 19.2 Å². The predicted octanol–water partition coefficient (Wildman–Crippen LogP) is 3.91. The molecule has 6 nitrogen and oxygen atoms in total. The van der Waals surface area contributed by atoms with E-state index in [2.05, 4.69) is 10.1 Å². The monoisotopic (exact) mass is 383 g/mol. The minimum absolute atomic E-state index is 0.0805. The van der Waals surface area contributed by atoms with Crippen LogP contribution in [-0.2, 0) is 11.3 Å². The summed E-state index contributed by atoms with van der Waals surface area (Å²) in [5.74, 6) is 1.73. The van der Waals surface area contributed by atoms with Gasteiger partial charge < -0.3 is 14.2 Å². The topological polar surface area (TPSA) is 68.5 Å². The van der Waals surface area contributed by atoms with Crippen LogP contribution in [-0.4, -0.2) is 34.6 Å². The van der Waals surface area contributed by atoms with Crippen molar-refractivity contribution in [2.45, 2.75) is 18.9 Å². The van der Waals surface area contributed by atoms with Crippen molar-refractivity contribution in [3.05, 3.63) is 64.9 Å². The molecule has 2 aromatic carbocycles. The summed E-state index contributed by atoms with van der Waals surface area (Å²) in [7, 11) is 1.63. The second-order valence-corrected chi connectivity index (χ2v) is 6.93. The maximum atomic E-state index is 12.4. The van der Waals surface area contributed by atoms with E-state index in [0.717, 1.165) is 16.9 Å². The van der Waals surface area contributed by atoms with Crippen molar-refractivity contribution in [1.82, 2.24) is 15.0 Å². The average Bonchev–Trinajstić information content (AvgIpc) is 3.29. The summed E-state index contributed by atoms with van der Waals surface area (Å²) in [6.45, 7) is 1.09. The van der Waals surface area contributed by atoms with Gasteiger partial charge in [-0.15, -0.1) is 0 Å². The summed E-state index contributed by atoms with van der Waals surface area (Å²) in [6.07, 6.45) is 0.373. The number of benzene rings is 2. The number of aromatic nitrogens is 2. The molecule has 1 atom stereocenters. The van der Waals surface area contributed by atoms with Crippen LogP contribution in [0, 0.1) is 0 Å². The standard InChI is InChI=1S/C20H18ClN3O3/c1-26-17-7-2-4-13(8-17)11-24-12-15(10-18(24)25)19-22-20(27-23-19)14-5-3-6-16(21)9-14/h2-9,15H,10-12H2,1H3. The molecule has 4 rings (SSSR count). The largest absolute Gasteiger partial charge is 0.497 e. The van der Waals surface area contributed by atoms with Crippen LogP contribution in [0.2, 0.25) is 5.02 Å². The number of ether oxygens (including phenoxy) is 1. The number of carbonyl (C=O) groups excluding carboxylic acids is 1. The maximum absolute atomic E-state index is 12.4. The molecule has 1 amide bonds. The molecule has 0 N–H and O–H groups in total. The number of carbonyl (C=O) groups is 1. The zero-order valence-electron chi connectivity index (χ0n) is 14.8. The van der Waals surface area contributed by atoms with Crippen molar-refractivity contribution in [2.24, 2.45) is 0 Å². The summed E-state index contributed by atoms with van der Waals surface area (Å²) in [6, 6.07) is 15.0. The molecule has 0 aliphatic carbocycles. The molecule has 27 heavy (non-hydrogen) atoms. The Labute approximate surface area is 161 Å². The Balaban J connectivity index is 1.47. The van der Waals surface area contributed by atoms with Gasteiger partial charge in [0.15, 0.2) is 5.82 Å². The van der Waals surface area contributed by atoms with Crippen LogP contribution in [0.3, 0.4) is 0 Å². The number of halogens is 1. The van der Waals surface area contributed by atoms with E-state index in [4.69, 9.17) is 20.9 Å². The summed E-state index contributed by atoms with van der Waals surface area (Å²) >= 11 is 6.02. The normalized spacial score (nSPS) is 16.7. The Morgan fingerprint density at radius 3 is 2.93 bits per heavy atom. The molecule has 138 valence electrons. The Bertz CT molecular complexity index is 972. The lowest BCUT2D eigenvalue weighted by Gasteiger charge is -2.16. The van der Waals surface area contributed by atoms with Gasteiger partial charge in [0.1, 0.15) is 5.75 Å². The first kappa shape index (κ1) is 17.5. The van der Waals surface area contributed by atoms with Gasteiger partial charge in [0, 0.05) is 36.0 Å². The van der Waals surface area contributed by atoms with Crippen LogP contribution in [0.5, 0.6) is 5.75 Å². The molecule has 0 saturated carbocycles. The third-order valence-corrected chi connectivity index (χ3v) is 4.84. The van der Waals surface area contributed by atoms with Crippen LogP contribution >= 0.6 is 11.6 Å². The van der Waals surface area contributed by atoms with Gasteiger partial charge in [0.25, 0.3) is 5.89 Å². The number of hydrogen-bond donors (Lipinski definition) is 0. The maximum Gasteiger partial charge on any atom is 0.257 e. The zero-order chi connectivity index (χ0) is 18.8. The first-order chi connectivity index (χ1) is 13.1. The molecule has 3 aromatic rings. The first-order valence-electron chi connectivity index (χ1n) is 8.62. The van der Waals surface area contributed by atoms with Gasteiger partial charge in [-0.2, -0.15) is 4.98 Å². The molecule has 1 aromatic heterocycles. The van der Waals surface area contributed by atoms with E-state index in [1.807, 2.05) is 41.3 Å². The van der Waals surface area contributed by atoms with Gasteiger partial charge in [-0.05, 0) is 35.9 Å². The molecule has 7 heteroatoms. The minimum atomic E-state index is -0.0835. The Kier molecular flexibility index (Phi) is 4.81. The highest BCUT2D eigenvalue weighted by Gasteiger charge is 2.33. The SMILES string of the molecule is COc1cccc(CN2CC(c3noc(-c4cccc(Cl)c4)n3)CC2=O)c1. The van der Waals surface area contributed by atoms with Crippen molar-refractivity contribution in [2.75, 3.05) is 13.7 Å². The summed E-state index contributed by atoms with van der Waals surface area (Å²) in [4.78, 5) is 18.7. The predicted molar refractivity (Wildman–Crippen MR) is 101 cm³/mol. The fourth-order valence-corrected chi connectivity index (χ4v) is 3.42. The minimum Gasteiger partial charge on any atom is -0.497 e. The molecule has 1 aliphatic rings. The molecular formula is C20H18ClN3O3. The van der Waals surface area contributed by atoms with Crippen LogP contribution < -0.4 is 4.74 Å². The number of nitrogens with zero attached hydrogens (tertiary/aromatic N) is 3. The smallest absolute Gasteiger partial charge is 0.257 e. The van der Waals surface area contributed by atoms with Crippen molar-refractivity contribution in [3.63, 3.8) is 0 Å². The number of rotatable bonds is 5. The van der Waals surface area contributed by atoms with Gasteiger partial charge in [-0.3, -0.25) is 4.79 Å². The average molecular weight is 384 g/mol. The van der Waals surface area contributed by atoms with Crippen molar-refractivity contribution in [3.8, 4) is 17.2 Å². The number of amides is 1. The Morgan fingerprint density at radius 2 is 2.11 bits per heavy atom. The summed E-state index contributed by atoms with van der Waals surface area (Å²) in [5, 5.41) is 4.68. The van der Waals surface area contributed by atoms with E-state index in [0.29, 0.717) is 36.2 Å². The second kappa shape index (κ2) is 7.40. The molecule has 2 heterocycles. The van der Waals surface area contributed by atoms with E-state index in [1.165, 1.54) is 0 Å². The first-order valence-corrected chi connectivity index (χ1v) is 9.00. The van der Waals surface area contributed by atoms with Crippen molar-refractivity contribution < 1.29 is 14.1 Å². The fourth-order valence-electron chi connectivity index (χ4n) is 3.23. The van der Waals surface area contributed by atoms with Crippen LogP contribution in [0.15, 0.2) is 53.1 Å². The molecule has 0 radical (unpaired) electrons. The van der Waals surface area contributed by atoms with E-state index in [-0.39, 0.29) is 11.8 Å². The highest BCUT2D eigenvalue weighted by atomic mass is 35.5. The molecule has 1 aliphatic heterocycles. The highest BCUT2D eigenvalue weighted by molar-refractivity contribution is 6.30. The summed E-state index contributed by atoms with van der Waals surface area (Å²) < 4.78 is 10.6. The highest BCUT2D eigenvalue weighted by Crippen LogP contribution is 2.30. The second-order valence-electron chi connectivity index (χ2n) is 6.49. The Morgan fingerprint density at radius 1 is 1.26 bits per heavy atom. The molecule has 1 fully saturated rings. The molecule has 1 saturated heterocycles. The lowest BCUT2D eigenvalue weighted by molar-refractivity contribution is -0.128. The zero-order valence-corrected chi connectivity index (χ0v) is 15.5.